The molecule has 3 atom stereocenters. The lowest BCUT2D eigenvalue weighted by Gasteiger charge is -2.32. The van der Waals surface area contributed by atoms with Gasteiger partial charge in [0.1, 0.15) is 11.6 Å². The number of likely N-dealkylation sites (tertiary alicyclic amines) is 2. The molecule has 0 bridgehead atoms. The average molecular weight is 440 g/mol. The van der Waals surface area contributed by atoms with Crippen molar-refractivity contribution in [2.24, 2.45) is 7.05 Å². The molecule has 0 unspecified atom stereocenters. The number of amides is 2. The maximum absolute atomic E-state index is 13.3. The van der Waals surface area contributed by atoms with Gasteiger partial charge in [0.2, 0.25) is 11.8 Å². The first-order valence-electron chi connectivity index (χ1n) is 11.9. The van der Waals surface area contributed by atoms with Crippen molar-refractivity contribution in [1.29, 1.82) is 0 Å². The van der Waals surface area contributed by atoms with Crippen LogP contribution in [0.15, 0.2) is 18.2 Å². The van der Waals surface area contributed by atoms with Gasteiger partial charge in [0.15, 0.2) is 0 Å². The molecule has 172 valence electrons. The summed E-state index contributed by atoms with van der Waals surface area (Å²) in [5, 5.41) is 14.6. The molecular formula is C23H33N7O2. The summed E-state index contributed by atoms with van der Waals surface area (Å²) in [6, 6.07) is 5.78. The Morgan fingerprint density at radius 2 is 2.00 bits per heavy atom. The van der Waals surface area contributed by atoms with Crippen LogP contribution in [0.25, 0.3) is 11.0 Å². The molecule has 5 rings (SSSR count). The Morgan fingerprint density at radius 1 is 1.16 bits per heavy atom. The van der Waals surface area contributed by atoms with Gasteiger partial charge in [0.05, 0.1) is 11.6 Å². The highest BCUT2D eigenvalue weighted by Gasteiger charge is 2.40. The fourth-order valence-corrected chi connectivity index (χ4v) is 5.47. The molecule has 9 nitrogen and oxygen atoms in total. The number of piperidine rings is 1. The molecule has 3 aliphatic rings. The summed E-state index contributed by atoms with van der Waals surface area (Å²) in [6.45, 7) is 4.23. The number of nitrogens with one attached hydrogen (secondary N) is 2. The third-order valence-electron chi connectivity index (χ3n) is 7.29. The van der Waals surface area contributed by atoms with Gasteiger partial charge in [0.25, 0.3) is 0 Å². The van der Waals surface area contributed by atoms with Crippen LogP contribution >= 0.6 is 0 Å². The number of hydrogen-bond donors (Lipinski definition) is 2. The summed E-state index contributed by atoms with van der Waals surface area (Å²) in [4.78, 5) is 30.6. The molecule has 9 heteroatoms. The van der Waals surface area contributed by atoms with E-state index >= 15 is 0 Å². The van der Waals surface area contributed by atoms with E-state index < -0.39 is 0 Å². The normalized spacial score (nSPS) is 26.7. The number of benzene rings is 1. The van der Waals surface area contributed by atoms with Crippen LogP contribution in [0.1, 0.15) is 44.1 Å². The van der Waals surface area contributed by atoms with Crippen LogP contribution in [0.3, 0.4) is 0 Å². The second kappa shape index (κ2) is 9.15. The van der Waals surface area contributed by atoms with E-state index in [1.54, 1.807) is 9.58 Å². The summed E-state index contributed by atoms with van der Waals surface area (Å²) in [5.41, 5.74) is 2.75. The SMILES string of the molecule is Cn1nnc2cc(CNC(=O)[C@@H]3CCCN3C(=O)[C@H]3C[C@@H](N4CCCCC4)CN3)ccc21. The predicted octanol–water partition coefficient (Wildman–Crippen LogP) is 0.792. The number of rotatable bonds is 5. The predicted molar refractivity (Wildman–Crippen MR) is 121 cm³/mol. The molecule has 3 saturated heterocycles. The molecule has 0 saturated carbocycles. The lowest BCUT2D eigenvalue weighted by atomic mass is 10.1. The molecule has 0 radical (unpaired) electrons. The molecule has 32 heavy (non-hydrogen) atoms. The van der Waals surface area contributed by atoms with Crippen molar-refractivity contribution in [3.63, 3.8) is 0 Å². The maximum atomic E-state index is 13.3. The molecule has 1 aromatic carbocycles. The van der Waals surface area contributed by atoms with Crippen LogP contribution in [-0.4, -0.2) is 80.9 Å². The molecule has 4 heterocycles. The van der Waals surface area contributed by atoms with Gasteiger partial charge in [-0.05, 0) is 62.9 Å². The number of nitrogens with zero attached hydrogens (tertiary/aromatic N) is 5. The van der Waals surface area contributed by atoms with Gasteiger partial charge in [-0.3, -0.25) is 14.5 Å². The first kappa shape index (κ1) is 21.3. The lowest BCUT2D eigenvalue weighted by molar-refractivity contribution is -0.139. The van der Waals surface area contributed by atoms with Crippen LogP contribution in [-0.2, 0) is 23.2 Å². The zero-order valence-electron chi connectivity index (χ0n) is 18.8. The van der Waals surface area contributed by atoms with Gasteiger partial charge < -0.3 is 15.5 Å². The molecular weight excluding hydrogens is 406 g/mol. The highest BCUT2D eigenvalue weighted by molar-refractivity contribution is 5.90. The molecule has 2 aromatic rings. The molecule has 0 aliphatic carbocycles. The number of aryl methyl sites for hydroxylation is 1. The Morgan fingerprint density at radius 3 is 2.84 bits per heavy atom. The van der Waals surface area contributed by atoms with Gasteiger partial charge in [-0.15, -0.1) is 5.10 Å². The minimum atomic E-state index is -0.376. The van der Waals surface area contributed by atoms with Crippen molar-refractivity contribution in [3.8, 4) is 0 Å². The Hall–Kier alpha value is -2.52. The topological polar surface area (TPSA) is 95.4 Å². The standard InChI is InChI=1S/C23H33N7O2/c1-28-20-8-7-16(12-18(20)26-27-28)14-25-22(31)21-6-5-11-30(21)23(32)19-13-17(15-24-19)29-9-3-2-4-10-29/h7-8,12,17,19,21,24H,2-6,9-11,13-15H2,1H3,(H,25,31)/t17-,19-,21+/m1/s1. The Bertz CT molecular complexity index is 984. The van der Waals surface area contributed by atoms with Crippen LogP contribution in [0.2, 0.25) is 0 Å². The van der Waals surface area contributed by atoms with E-state index in [0.29, 0.717) is 19.1 Å². The lowest BCUT2D eigenvalue weighted by Crippen LogP contribution is -2.51. The largest absolute Gasteiger partial charge is 0.350 e. The van der Waals surface area contributed by atoms with E-state index in [0.717, 1.165) is 55.5 Å². The molecule has 2 amide bonds. The maximum Gasteiger partial charge on any atom is 0.243 e. The molecule has 2 N–H and O–H groups in total. The quantitative estimate of drug-likeness (QED) is 0.715. The number of carbonyl (C=O) groups is 2. The highest BCUT2D eigenvalue weighted by Crippen LogP contribution is 2.24. The van der Waals surface area contributed by atoms with Crippen LogP contribution in [0.4, 0.5) is 0 Å². The van der Waals surface area contributed by atoms with Crippen molar-refractivity contribution in [3.05, 3.63) is 23.8 Å². The molecule has 1 aromatic heterocycles. The second-order valence-electron chi connectivity index (χ2n) is 9.39. The molecule has 3 aliphatic heterocycles. The van der Waals surface area contributed by atoms with Crippen LogP contribution in [0.5, 0.6) is 0 Å². The first-order valence-corrected chi connectivity index (χ1v) is 11.9. The number of fused-ring (bicyclic) bond motifs is 1. The second-order valence-corrected chi connectivity index (χ2v) is 9.39. The number of carbonyl (C=O) groups excluding carboxylic acids is 2. The van der Waals surface area contributed by atoms with E-state index in [1.807, 2.05) is 25.2 Å². The van der Waals surface area contributed by atoms with Crippen LogP contribution < -0.4 is 10.6 Å². The van der Waals surface area contributed by atoms with Gasteiger partial charge in [0, 0.05) is 32.7 Å². The van der Waals surface area contributed by atoms with Gasteiger partial charge in [-0.2, -0.15) is 0 Å². The Labute approximate surface area is 188 Å². The van der Waals surface area contributed by atoms with E-state index in [-0.39, 0.29) is 23.9 Å². The van der Waals surface area contributed by atoms with Crippen molar-refractivity contribution in [1.82, 2.24) is 35.4 Å². The summed E-state index contributed by atoms with van der Waals surface area (Å²) < 4.78 is 1.73. The van der Waals surface area contributed by atoms with Crippen molar-refractivity contribution in [2.75, 3.05) is 26.2 Å². The van der Waals surface area contributed by atoms with Gasteiger partial charge in [-0.1, -0.05) is 17.7 Å². The number of aromatic nitrogens is 3. The van der Waals surface area contributed by atoms with E-state index in [2.05, 4.69) is 25.8 Å². The molecule has 0 spiro atoms. The molecule has 3 fully saturated rings. The van der Waals surface area contributed by atoms with Crippen molar-refractivity contribution >= 4 is 22.8 Å². The highest BCUT2D eigenvalue weighted by atomic mass is 16.2. The van der Waals surface area contributed by atoms with E-state index in [4.69, 9.17) is 0 Å². The summed E-state index contributed by atoms with van der Waals surface area (Å²) >= 11 is 0. The minimum Gasteiger partial charge on any atom is -0.350 e. The fourth-order valence-electron chi connectivity index (χ4n) is 5.47. The van der Waals surface area contributed by atoms with Crippen molar-refractivity contribution < 1.29 is 9.59 Å². The van der Waals surface area contributed by atoms with Gasteiger partial charge >= 0.3 is 0 Å². The van der Waals surface area contributed by atoms with E-state index in [9.17, 15) is 9.59 Å². The van der Waals surface area contributed by atoms with Crippen molar-refractivity contribution in [2.45, 2.75) is 63.2 Å². The summed E-state index contributed by atoms with van der Waals surface area (Å²) in [6.07, 6.45) is 6.28. The zero-order chi connectivity index (χ0) is 22.1. The third kappa shape index (κ3) is 4.23. The minimum absolute atomic E-state index is 0.0688. The summed E-state index contributed by atoms with van der Waals surface area (Å²) in [7, 11) is 1.86. The summed E-state index contributed by atoms with van der Waals surface area (Å²) in [5.74, 6) is 0.0174. The zero-order valence-corrected chi connectivity index (χ0v) is 18.8. The first-order chi connectivity index (χ1) is 15.6. The monoisotopic (exact) mass is 439 g/mol. The van der Waals surface area contributed by atoms with Gasteiger partial charge in [-0.25, -0.2) is 4.68 Å². The average Bonchev–Trinajstić information content (AvgIpc) is 3.58. The Balaban J connectivity index is 1.17. The third-order valence-corrected chi connectivity index (χ3v) is 7.29. The van der Waals surface area contributed by atoms with E-state index in [1.165, 1.54) is 19.3 Å². The smallest absolute Gasteiger partial charge is 0.243 e. The fraction of sp³-hybridized carbons (Fsp3) is 0.652. The van der Waals surface area contributed by atoms with Crippen LogP contribution in [0, 0.1) is 0 Å². The Kier molecular flexibility index (Phi) is 6.10. The number of hydrogen-bond acceptors (Lipinski definition) is 6.